The van der Waals surface area contributed by atoms with E-state index in [2.05, 4.69) is 0 Å². The van der Waals surface area contributed by atoms with Crippen LogP contribution in [0.25, 0.3) is 0 Å². The van der Waals surface area contributed by atoms with E-state index in [0.717, 1.165) is 11.1 Å². The molecule has 0 fully saturated rings. The highest BCUT2D eigenvalue weighted by Gasteiger charge is 2.17. The third-order valence-corrected chi connectivity index (χ3v) is 2.96. The first-order valence-corrected chi connectivity index (χ1v) is 6.21. The molecule has 0 saturated carbocycles. The fourth-order valence-electron chi connectivity index (χ4n) is 1.85. The molecule has 0 aromatic heterocycles. The Kier molecular flexibility index (Phi) is 4.25. The maximum Gasteiger partial charge on any atom is 0.492 e. The first kappa shape index (κ1) is 13.7. The van der Waals surface area contributed by atoms with Crippen LogP contribution in [0.1, 0.15) is 16.7 Å². The maximum absolute atomic E-state index is 9.34. The Hall–Kier alpha value is -1.78. The molecular formula is C15H17BO3. The van der Waals surface area contributed by atoms with Crippen LogP contribution in [0.3, 0.4) is 0 Å². The molecule has 2 N–H and O–H groups in total. The largest absolute Gasteiger partial charge is 0.492 e. The van der Waals surface area contributed by atoms with E-state index >= 15 is 0 Å². The maximum atomic E-state index is 9.34. The van der Waals surface area contributed by atoms with Gasteiger partial charge in [0.05, 0.1) is 0 Å². The Labute approximate surface area is 113 Å². The molecule has 98 valence electrons. The van der Waals surface area contributed by atoms with Crippen LogP contribution in [-0.4, -0.2) is 17.2 Å². The predicted octanol–water partition coefficient (Wildman–Crippen LogP) is 1.56. The molecule has 0 bridgehead atoms. The van der Waals surface area contributed by atoms with E-state index in [1.54, 1.807) is 12.1 Å². The van der Waals surface area contributed by atoms with E-state index in [1.807, 2.05) is 44.2 Å². The summed E-state index contributed by atoms with van der Waals surface area (Å²) in [6, 6.07) is 13.4. The Bertz CT molecular complexity index is 550. The molecule has 0 spiro atoms. The van der Waals surface area contributed by atoms with Gasteiger partial charge in [0.25, 0.3) is 0 Å². The Morgan fingerprint density at radius 2 is 1.58 bits per heavy atom. The number of aryl methyl sites for hydroxylation is 2. The van der Waals surface area contributed by atoms with Gasteiger partial charge in [-0.25, -0.2) is 0 Å². The molecule has 0 unspecified atom stereocenters. The SMILES string of the molecule is Cc1ccc(COc2ccc(C)cc2B(O)O)cc1. The van der Waals surface area contributed by atoms with E-state index in [0.29, 0.717) is 17.8 Å². The molecule has 2 rings (SSSR count). The lowest BCUT2D eigenvalue weighted by molar-refractivity contribution is 0.306. The van der Waals surface area contributed by atoms with Crippen molar-refractivity contribution >= 4 is 12.6 Å². The average Bonchev–Trinajstić information content (AvgIpc) is 2.39. The van der Waals surface area contributed by atoms with Crippen molar-refractivity contribution in [3.8, 4) is 5.75 Å². The lowest BCUT2D eigenvalue weighted by Crippen LogP contribution is -2.31. The number of rotatable bonds is 4. The first-order chi connectivity index (χ1) is 9.06. The molecular weight excluding hydrogens is 239 g/mol. The minimum Gasteiger partial charge on any atom is -0.489 e. The fraction of sp³-hybridized carbons (Fsp3) is 0.200. The van der Waals surface area contributed by atoms with Gasteiger partial charge in [0, 0.05) is 5.46 Å². The van der Waals surface area contributed by atoms with E-state index < -0.39 is 7.12 Å². The summed E-state index contributed by atoms with van der Waals surface area (Å²) < 4.78 is 5.66. The highest BCUT2D eigenvalue weighted by atomic mass is 16.5. The Morgan fingerprint density at radius 1 is 0.947 bits per heavy atom. The highest BCUT2D eigenvalue weighted by molar-refractivity contribution is 6.59. The van der Waals surface area contributed by atoms with Gasteiger partial charge < -0.3 is 14.8 Å². The van der Waals surface area contributed by atoms with Crippen LogP contribution in [0.2, 0.25) is 0 Å². The van der Waals surface area contributed by atoms with Crippen molar-refractivity contribution in [2.45, 2.75) is 20.5 Å². The quantitative estimate of drug-likeness (QED) is 0.816. The molecule has 0 aliphatic rings. The molecule has 19 heavy (non-hydrogen) atoms. The third kappa shape index (κ3) is 3.59. The van der Waals surface area contributed by atoms with Crippen LogP contribution in [0.4, 0.5) is 0 Å². The summed E-state index contributed by atoms with van der Waals surface area (Å²) in [5.41, 5.74) is 3.60. The Morgan fingerprint density at radius 3 is 2.21 bits per heavy atom. The molecule has 4 heteroatoms. The van der Waals surface area contributed by atoms with Gasteiger partial charge in [-0.15, -0.1) is 0 Å². The standard InChI is InChI=1S/C15H17BO3/c1-11-3-6-13(7-4-11)10-19-15-8-5-12(2)9-14(15)16(17)18/h3-9,17-18H,10H2,1-2H3. The second kappa shape index (κ2) is 5.91. The number of benzene rings is 2. The van der Waals surface area contributed by atoms with Gasteiger partial charge in [0.1, 0.15) is 12.4 Å². The second-order valence-corrected chi connectivity index (χ2v) is 4.69. The van der Waals surface area contributed by atoms with E-state index in [9.17, 15) is 10.0 Å². The van der Waals surface area contributed by atoms with Crippen molar-refractivity contribution in [2.24, 2.45) is 0 Å². The summed E-state index contributed by atoms with van der Waals surface area (Å²) in [6.45, 7) is 4.34. The average molecular weight is 256 g/mol. The minimum atomic E-state index is -1.52. The summed E-state index contributed by atoms with van der Waals surface area (Å²) in [5.74, 6) is 0.501. The molecule has 0 heterocycles. The van der Waals surface area contributed by atoms with Gasteiger partial charge in [-0.1, -0.05) is 47.5 Å². The van der Waals surface area contributed by atoms with Gasteiger partial charge >= 0.3 is 7.12 Å². The molecule has 0 aliphatic heterocycles. The van der Waals surface area contributed by atoms with E-state index in [-0.39, 0.29) is 0 Å². The zero-order valence-corrected chi connectivity index (χ0v) is 11.1. The van der Waals surface area contributed by atoms with Crippen LogP contribution in [-0.2, 0) is 6.61 Å². The molecule has 0 atom stereocenters. The molecule has 0 amide bonds. The van der Waals surface area contributed by atoms with Crippen LogP contribution in [0, 0.1) is 13.8 Å². The zero-order valence-electron chi connectivity index (χ0n) is 11.1. The third-order valence-electron chi connectivity index (χ3n) is 2.96. The molecule has 2 aromatic carbocycles. The minimum absolute atomic E-state index is 0.395. The summed E-state index contributed by atoms with van der Waals surface area (Å²) in [6.07, 6.45) is 0. The van der Waals surface area contributed by atoms with Crippen LogP contribution < -0.4 is 10.2 Å². The van der Waals surface area contributed by atoms with Crippen molar-refractivity contribution < 1.29 is 14.8 Å². The van der Waals surface area contributed by atoms with Gasteiger partial charge in [0.15, 0.2) is 0 Å². The zero-order chi connectivity index (χ0) is 13.8. The van der Waals surface area contributed by atoms with Gasteiger partial charge in [-0.3, -0.25) is 0 Å². The lowest BCUT2D eigenvalue weighted by atomic mass is 9.79. The summed E-state index contributed by atoms with van der Waals surface area (Å²) in [4.78, 5) is 0. The molecule has 0 aliphatic carbocycles. The van der Waals surface area contributed by atoms with Gasteiger partial charge in [-0.05, 0) is 25.5 Å². The van der Waals surface area contributed by atoms with Crippen LogP contribution >= 0.6 is 0 Å². The predicted molar refractivity (Wildman–Crippen MR) is 76.5 cm³/mol. The lowest BCUT2D eigenvalue weighted by Gasteiger charge is -2.12. The molecule has 0 radical (unpaired) electrons. The van der Waals surface area contributed by atoms with Gasteiger partial charge in [0.2, 0.25) is 0 Å². The molecule has 0 saturated heterocycles. The summed E-state index contributed by atoms with van der Waals surface area (Å²) in [7, 11) is -1.52. The van der Waals surface area contributed by atoms with Gasteiger partial charge in [-0.2, -0.15) is 0 Å². The van der Waals surface area contributed by atoms with E-state index in [1.165, 1.54) is 5.56 Å². The summed E-state index contributed by atoms with van der Waals surface area (Å²) >= 11 is 0. The molecule has 3 nitrogen and oxygen atoms in total. The fourth-order valence-corrected chi connectivity index (χ4v) is 1.85. The Balaban J connectivity index is 2.13. The highest BCUT2D eigenvalue weighted by Crippen LogP contribution is 2.13. The van der Waals surface area contributed by atoms with Crippen molar-refractivity contribution in [1.82, 2.24) is 0 Å². The number of hydrogen-bond acceptors (Lipinski definition) is 3. The normalized spacial score (nSPS) is 10.3. The smallest absolute Gasteiger partial charge is 0.489 e. The first-order valence-electron chi connectivity index (χ1n) is 6.21. The van der Waals surface area contributed by atoms with Crippen molar-refractivity contribution in [3.63, 3.8) is 0 Å². The molecule has 2 aromatic rings. The van der Waals surface area contributed by atoms with Crippen molar-refractivity contribution in [3.05, 3.63) is 59.2 Å². The van der Waals surface area contributed by atoms with Crippen LogP contribution in [0.5, 0.6) is 5.75 Å². The summed E-state index contributed by atoms with van der Waals surface area (Å²) in [5, 5.41) is 18.7. The van der Waals surface area contributed by atoms with Crippen molar-refractivity contribution in [1.29, 1.82) is 0 Å². The second-order valence-electron chi connectivity index (χ2n) is 4.69. The van der Waals surface area contributed by atoms with Crippen LogP contribution in [0.15, 0.2) is 42.5 Å². The number of ether oxygens (including phenoxy) is 1. The van der Waals surface area contributed by atoms with Crippen molar-refractivity contribution in [2.75, 3.05) is 0 Å². The van der Waals surface area contributed by atoms with E-state index in [4.69, 9.17) is 4.74 Å². The number of hydrogen-bond donors (Lipinski definition) is 2. The topological polar surface area (TPSA) is 49.7 Å². The monoisotopic (exact) mass is 256 g/mol.